The van der Waals surface area contributed by atoms with E-state index in [-0.39, 0.29) is 5.60 Å². The summed E-state index contributed by atoms with van der Waals surface area (Å²) in [5, 5.41) is 4.33. The maximum absolute atomic E-state index is 6.14. The zero-order valence-electron chi connectivity index (χ0n) is 22.0. The van der Waals surface area contributed by atoms with E-state index in [1.165, 1.54) is 11.1 Å². The van der Waals surface area contributed by atoms with Crippen molar-refractivity contribution in [3.63, 3.8) is 0 Å². The molecule has 0 saturated carbocycles. The summed E-state index contributed by atoms with van der Waals surface area (Å²) in [6, 6.07) is 14.4. The SMILES string of the molecule is COc1ccc(CN2CCC[C@@](COc3ccc(C)cc3)(OC)CC2)cc1OCCn1cc(C)cn1. The Bertz CT molecular complexity index is 1100. The first kappa shape index (κ1) is 26.0. The van der Waals surface area contributed by atoms with Gasteiger partial charge in [-0.05, 0) is 75.0 Å². The summed E-state index contributed by atoms with van der Waals surface area (Å²) in [5.41, 5.74) is 3.32. The number of rotatable bonds is 11. The minimum Gasteiger partial charge on any atom is -0.493 e. The molecule has 1 aliphatic rings. The highest BCUT2D eigenvalue weighted by molar-refractivity contribution is 5.43. The summed E-state index contributed by atoms with van der Waals surface area (Å²) in [6.07, 6.45) is 6.85. The normalized spacial score (nSPS) is 18.6. The van der Waals surface area contributed by atoms with Gasteiger partial charge in [0.1, 0.15) is 24.6 Å². The molecule has 194 valence electrons. The number of likely N-dealkylation sites (tertiary alicyclic amines) is 1. The summed E-state index contributed by atoms with van der Waals surface area (Å²) in [7, 11) is 3.49. The Kier molecular flexibility index (Phi) is 8.88. The van der Waals surface area contributed by atoms with E-state index in [1.807, 2.05) is 49.3 Å². The molecule has 0 N–H and O–H groups in total. The monoisotopic (exact) mass is 493 g/mol. The van der Waals surface area contributed by atoms with E-state index in [1.54, 1.807) is 7.11 Å². The third-order valence-electron chi connectivity index (χ3n) is 6.92. The fourth-order valence-corrected chi connectivity index (χ4v) is 4.67. The lowest BCUT2D eigenvalue weighted by Gasteiger charge is -2.31. The molecular weight excluding hydrogens is 454 g/mol. The number of ether oxygens (including phenoxy) is 4. The highest BCUT2D eigenvalue weighted by Crippen LogP contribution is 2.31. The standard InChI is InChI=1S/C29H39N3O4/c1-23-6-9-26(10-7-23)36-22-29(34-4)12-5-14-31(15-13-29)21-25-8-11-27(33-3)28(18-25)35-17-16-32-20-24(2)19-30-32/h6-11,18-20H,5,12-17,21-22H2,1-4H3/t29-/m1/s1. The van der Waals surface area contributed by atoms with Crippen LogP contribution in [0, 0.1) is 13.8 Å². The van der Waals surface area contributed by atoms with Crippen LogP contribution in [-0.2, 0) is 17.8 Å². The molecule has 0 spiro atoms. The smallest absolute Gasteiger partial charge is 0.161 e. The molecule has 3 aromatic rings. The van der Waals surface area contributed by atoms with E-state index >= 15 is 0 Å². The topological polar surface area (TPSA) is 58.0 Å². The molecule has 0 aliphatic carbocycles. The average Bonchev–Trinajstić information content (AvgIpc) is 3.20. The Labute approximate surface area is 214 Å². The van der Waals surface area contributed by atoms with Crippen LogP contribution in [0.4, 0.5) is 0 Å². The van der Waals surface area contributed by atoms with Gasteiger partial charge >= 0.3 is 0 Å². The van der Waals surface area contributed by atoms with Crippen LogP contribution < -0.4 is 14.2 Å². The van der Waals surface area contributed by atoms with Crippen molar-refractivity contribution < 1.29 is 18.9 Å². The van der Waals surface area contributed by atoms with Gasteiger partial charge in [0.25, 0.3) is 0 Å². The second-order valence-electron chi connectivity index (χ2n) is 9.73. The van der Waals surface area contributed by atoms with E-state index in [0.29, 0.717) is 19.8 Å². The summed E-state index contributed by atoms with van der Waals surface area (Å²) in [4.78, 5) is 2.49. The highest BCUT2D eigenvalue weighted by Gasteiger charge is 2.33. The van der Waals surface area contributed by atoms with Crippen LogP contribution in [0.2, 0.25) is 0 Å². The number of hydrogen-bond acceptors (Lipinski definition) is 6. The third-order valence-corrected chi connectivity index (χ3v) is 6.92. The fraction of sp³-hybridized carbons (Fsp3) is 0.483. The lowest BCUT2D eigenvalue weighted by atomic mass is 9.95. The van der Waals surface area contributed by atoms with Crippen LogP contribution in [0.1, 0.15) is 36.0 Å². The molecule has 36 heavy (non-hydrogen) atoms. The molecular formula is C29H39N3O4. The predicted molar refractivity (Wildman–Crippen MR) is 141 cm³/mol. The molecule has 0 radical (unpaired) electrons. The van der Waals surface area contributed by atoms with E-state index in [4.69, 9.17) is 18.9 Å². The van der Waals surface area contributed by atoms with Gasteiger partial charge in [-0.1, -0.05) is 23.8 Å². The maximum atomic E-state index is 6.14. The fourth-order valence-electron chi connectivity index (χ4n) is 4.67. The van der Waals surface area contributed by atoms with E-state index in [0.717, 1.165) is 61.7 Å². The quantitative estimate of drug-likeness (QED) is 0.373. The van der Waals surface area contributed by atoms with Crippen LogP contribution in [0.5, 0.6) is 17.2 Å². The largest absolute Gasteiger partial charge is 0.493 e. The maximum Gasteiger partial charge on any atom is 0.161 e. The highest BCUT2D eigenvalue weighted by atomic mass is 16.5. The van der Waals surface area contributed by atoms with Crippen LogP contribution in [-0.4, -0.2) is 60.8 Å². The number of aryl methyl sites for hydroxylation is 2. The molecule has 1 saturated heterocycles. The van der Waals surface area contributed by atoms with Gasteiger partial charge in [0, 0.05) is 26.4 Å². The van der Waals surface area contributed by atoms with Crippen molar-refractivity contribution >= 4 is 0 Å². The Morgan fingerprint density at radius 3 is 2.47 bits per heavy atom. The summed E-state index contributed by atoms with van der Waals surface area (Å²) >= 11 is 0. The number of nitrogens with zero attached hydrogens (tertiary/aromatic N) is 3. The van der Waals surface area contributed by atoms with Crippen LogP contribution in [0.3, 0.4) is 0 Å². The number of hydrogen-bond donors (Lipinski definition) is 0. The lowest BCUT2D eigenvalue weighted by Crippen LogP contribution is -2.39. The Morgan fingerprint density at radius 2 is 1.75 bits per heavy atom. The van der Waals surface area contributed by atoms with Crippen molar-refractivity contribution in [2.24, 2.45) is 0 Å². The third kappa shape index (κ3) is 7.02. The van der Waals surface area contributed by atoms with Gasteiger partial charge in [-0.15, -0.1) is 0 Å². The first-order valence-electron chi connectivity index (χ1n) is 12.7. The molecule has 7 nitrogen and oxygen atoms in total. The summed E-state index contributed by atoms with van der Waals surface area (Å²) in [6.45, 7) is 8.74. The van der Waals surface area contributed by atoms with Crippen molar-refractivity contribution in [3.05, 3.63) is 71.5 Å². The van der Waals surface area contributed by atoms with Crippen molar-refractivity contribution in [2.75, 3.05) is 40.5 Å². The van der Waals surface area contributed by atoms with Crippen molar-refractivity contribution in [1.29, 1.82) is 0 Å². The molecule has 0 unspecified atom stereocenters. The van der Waals surface area contributed by atoms with Crippen molar-refractivity contribution in [2.45, 2.75) is 51.8 Å². The minimum absolute atomic E-state index is 0.265. The zero-order valence-corrected chi connectivity index (χ0v) is 22.0. The van der Waals surface area contributed by atoms with Gasteiger partial charge in [-0.3, -0.25) is 9.58 Å². The Balaban J connectivity index is 1.33. The molecule has 2 aromatic carbocycles. The molecule has 2 heterocycles. The van der Waals surface area contributed by atoms with Gasteiger partial charge < -0.3 is 18.9 Å². The summed E-state index contributed by atoms with van der Waals surface area (Å²) < 4.78 is 25.7. The summed E-state index contributed by atoms with van der Waals surface area (Å²) in [5.74, 6) is 2.41. The zero-order chi connectivity index (χ0) is 25.4. The van der Waals surface area contributed by atoms with Gasteiger partial charge in [0.05, 0.1) is 19.9 Å². The molecule has 1 aromatic heterocycles. The van der Waals surface area contributed by atoms with Gasteiger partial charge in [0.2, 0.25) is 0 Å². The van der Waals surface area contributed by atoms with E-state index in [9.17, 15) is 0 Å². The van der Waals surface area contributed by atoms with Crippen LogP contribution in [0.15, 0.2) is 54.9 Å². The van der Waals surface area contributed by atoms with Gasteiger partial charge in [0.15, 0.2) is 11.5 Å². The van der Waals surface area contributed by atoms with Crippen molar-refractivity contribution in [1.82, 2.24) is 14.7 Å². The molecule has 0 amide bonds. The molecule has 1 atom stereocenters. The molecule has 1 fully saturated rings. The molecule has 4 rings (SSSR count). The van der Waals surface area contributed by atoms with E-state index < -0.39 is 0 Å². The lowest BCUT2D eigenvalue weighted by molar-refractivity contribution is -0.0541. The predicted octanol–water partition coefficient (Wildman–Crippen LogP) is 5.04. The molecule has 1 aliphatic heterocycles. The van der Waals surface area contributed by atoms with E-state index in [2.05, 4.69) is 41.2 Å². The van der Waals surface area contributed by atoms with Crippen LogP contribution >= 0.6 is 0 Å². The molecule has 7 heteroatoms. The number of methoxy groups -OCH3 is 2. The second kappa shape index (κ2) is 12.3. The molecule has 0 bridgehead atoms. The Morgan fingerprint density at radius 1 is 0.917 bits per heavy atom. The minimum atomic E-state index is -0.265. The first-order chi connectivity index (χ1) is 17.5. The number of benzene rings is 2. The Hall–Kier alpha value is -3.03. The average molecular weight is 494 g/mol. The second-order valence-corrected chi connectivity index (χ2v) is 9.73. The first-order valence-corrected chi connectivity index (χ1v) is 12.7. The van der Waals surface area contributed by atoms with Crippen molar-refractivity contribution in [3.8, 4) is 17.2 Å². The van der Waals surface area contributed by atoms with Crippen LogP contribution in [0.25, 0.3) is 0 Å². The van der Waals surface area contributed by atoms with Gasteiger partial charge in [-0.2, -0.15) is 5.10 Å². The van der Waals surface area contributed by atoms with Gasteiger partial charge in [-0.25, -0.2) is 0 Å². The number of aromatic nitrogens is 2.